The van der Waals surface area contributed by atoms with Gasteiger partial charge in [-0.25, -0.2) is 17.2 Å². The Hall–Kier alpha value is -3.11. The summed E-state index contributed by atoms with van der Waals surface area (Å²) in [6.07, 6.45) is 3.35. The van der Waals surface area contributed by atoms with E-state index in [4.69, 9.17) is 0 Å². The van der Waals surface area contributed by atoms with Gasteiger partial charge < -0.3 is 0 Å². The molecule has 0 aliphatic carbocycles. The van der Waals surface area contributed by atoms with E-state index in [-0.39, 0.29) is 22.4 Å². The molecule has 5 rings (SSSR count). The fourth-order valence-corrected chi connectivity index (χ4v) is 6.36. The van der Waals surface area contributed by atoms with Gasteiger partial charge in [0.1, 0.15) is 0 Å². The van der Waals surface area contributed by atoms with Crippen LogP contribution in [0.1, 0.15) is 25.3 Å². The average molecular weight is 472 g/mol. The first-order chi connectivity index (χ1) is 15.8. The summed E-state index contributed by atoms with van der Waals surface area (Å²) in [4.78, 5) is -0.0934. The molecule has 2 aromatic heterocycles. The molecule has 2 atom stereocenters. The molecule has 172 valence electrons. The summed E-state index contributed by atoms with van der Waals surface area (Å²) < 4.78 is 55.8. The Morgan fingerprint density at radius 2 is 2.00 bits per heavy atom. The number of halogens is 2. The summed E-state index contributed by atoms with van der Waals surface area (Å²) >= 11 is 0. The van der Waals surface area contributed by atoms with Gasteiger partial charge in [0.25, 0.3) is 6.43 Å². The van der Waals surface area contributed by atoms with Crippen LogP contribution in [0, 0.1) is 5.92 Å². The number of hydrogen-bond acceptors (Lipinski definition) is 4. The molecule has 2 aromatic carbocycles. The lowest BCUT2D eigenvalue weighted by Crippen LogP contribution is -2.34. The van der Waals surface area contributed by atoms with E-state index in [1.165, 1.54) is 22.5 Å². The molecule has 0 amide bonds. The van der Waals surface area contributed by atoms with Gasteiger partial charge in [-0.2, -0.15) is 14.5 Å². The Morgan fingerprint density at radius 1 is 1.15 bits per heavy atom. The molecule has 1 aliphatic heterocycles. The van der Waals surface area contributed by atoms with Gasteiger partial charge in [0.05, 0.1) is 22.8 Å². The molecule has 3 heterocycles. The van der Waals surface area contributed by atoms with Gasteiger partial charge in [-0.3, -0.25) is 9.78 Å². The van der Waals surface area contributed by atoms with Crippen LogP contribution in [0.5, 0.6) is 0 Å². The zero-order chi connectivity index (χ0) is 23.2. The predicted octanol–water partition coefficient (Wildman–Crippen LogP) is 4.46. The van der Waals surface area contributed by atoms with E-state index in [1.807, 2.05) is 42.2 Å². The van der Waals surface area contributed by atoms with Gasteiger partial charge in [0, 0.05) is 41.8 Å². The molecule has 0 spiro atoms. The number of aromatic nitrogens is 4. The molecule has 0 saturated carbocycles. The summed E-state index contributed by atoms with van der Waals surface area (Å²) in [7, 11) is -3.87. The van der Waals surface area contributed by atoms with E-state index < -0.39 is 16.4 Å². The highest BCUT2D eigenvalue weighted by Crippen LogP contribution is 2.32. The van der Waals surface area contributed by atoms with Crippen LogP contribution in [0.2, 0.25) is 0 Å². The molecule has 1 saturated heterocycles. The van der Waals surface area contributed by atoms with Gasteiger partial charge in [-0.05, 0) is 49.1 Å². The van der Waals surface area contributed by atoms with E-state index in [2.05, 4.69) is 15.3 Å². The second kappa shape index (κ2) is 8.35. The molecule has 10 heteroatoms. The average Bonchev–Trinajstić information content (AvgIpc) is 3.54. The fraction of sp³-hybridized carbons (Fsp3) is 0.304. The van der Waals surface area contributed by atoms with Crippen LogP contribution >= 0.6 is 0 Å². The number of benzene rings is 2. The third kappa shape index (κ3) is 4.04. The Morgan fingerprint density at radius 3 is 2.76 bits per heavy atom. The first-order valence-corrected chi connectivity index (χ1v) is 12.1. The van der Waals surface area contributed by atoms with Crippen LogP contribution < -0.4 is 0 Å². The molecular formula is C23H23F2N5O2S. The van der Waals surface area contributed by atoms with E-state index in [1.54, 1.807) is 6.20 Å². The van der Waals surface area contributed by atoms with Crippen molar-refractivity contribution in [2.24, 2.45) is 5.92 Å². The number of hydrogen-bond donors (Lipinski definition) is 1. The number of rotatable bonds is 6. The lowest BCUT2D eigenvalue weighted by molar-refractivity contribution is 0.151. The van der Waals surface area contributed by atoms with E-state index in [0.29, 0.717) is 19.5 Å². The van der Waals surface area contributed by atoms with Gasteiger partial charge in [-0.15, -0.1) is 0 Å². The Labute approximate surface area is 190 Å². The molecule has 0 bridgehead atoms. The van der Waals surface area contributed by atoms with Crippen molar-refractivity contribution in [2.75, 3.05) is 6.54 Å². The standard InChI is InChI=1S/C23H23F2N5O2S/c1-15-7-16(14-30(15)33(31,32)21-4-2-3-18(9-21)23(24)25)13-29-22-6-5-17(8-19(22)12-28-29)20-10-26-27-11-20/h2-6,8-12,15-16,23H,7,13-14H2,1H3,(H,26,27)/t15-,16+/m1/s1. The summed E-state index contributed by atoms with van der Waals surface area (Å²) in [6, 6.07) is 10.9. The minimum atomic E-state index is -3.87. The minimum absolute atomic E-state index is 0.0599. The second-order valence-corrected chi connectivity index (χ2v) is 10.4. The maximum absolute atomic E-state index is 13.2. The number of nitrogens with one attached hydrogen (secondary N) is 1. The van der Waals surface area contributed by atoms with Crippen LogP contribution in [0.4, 0.5) is 8.78 Å². The van der Waals surface area contributed by atoms with E-state index in [9.17, 15) is 17.2 Å². The van der Waals surface area contributed by atoms with Crippen LogP contribution in [0.3, 0.4) is 0 Å². The fourth-order valence-electron chi connectivity index (χ4n) is 4.59. The number of fused-ring (bicyclic) bond motifs is 1. The molecule has 33 heavy (non-hydrogen) atoms. The highest BCUT2D eigenvalue weighted by molar-refractivity contribution is 7.89. The third-order valence-electron chi connectivity index (χ3n) is 6.23. The minimum Gasteiger partial charge on any atom is -0.285 e. The summed E-state index contributed by atoms with van der Waals surface area (Å²) in [5.74, 6) is 0.0599. The summed E-state index contributed by atoms with van der Waals surface area (Å²) in [6.45, 7) is 2.74. The van der Waals surface area contributed by atoms with Crippen molar-refractivity contribution in [3.05, 3.63) is 66.6 Å². The molecule has 4 aromatic rings. The van der Waals surface area contributed by atoms with Gasteiger partial charge >= 0.3 is 0 Å². The van der Waals surface area contributed by atoms with Crippen molar-refractivity contribution in [1.82, 2.24) is 24.3 Å². The molecule has 0 radical (unpaired) electrons. The zero-order valence-electron chi connectivity index (χ0n) is 17.9. The summed E-state index contributed by atoms with van der Waals surface area (Å²) in [5, 5.41) is 12.3. The van der Waals surface area contributed by atoms with Crippen molar-refractivity contribution in [3.8, 4) is 11.1 Å². The highest BCUT2D eigenvalue weighted by Gasteiger charge is 2.38. The SMILES string of the molecule is C[C@@H]1C[C@@H](Cn2ncc3cc(-c4cn[nH]c4)ccc32)CN1S(=O)(=O)c1cccc(C(F)F)c1. The number of H-pyrrole nitrogens is 1. The second-order valence-electron chi connectivity index (χ2n) is 8.49. The van der Waals surface area contributed by atoms with Crippen LogP contribution in [-0.2, 0) is 16.6 Å². The summed E-state index contributed by atoms with van der Waals surface area (Å²) in [5.41, 5.74) is 2.71. The largest absolute Gasteiger partial charge is 0.285 e. The highest BCUT2D eigenvalue weighted by atomic mass is 32.2. The van der Waals surface area contributed by atoms with E-state index in [0.717, 1.165) is 28.1 Å². The number of nitrogens with zero attached hydrogens (tertiary/aromatic N) is 4. The molecule has 1 fully saturated rings. The predicted molar refractivity (Wildman–Crippen MR) is 120 cm³/mol. The first kappa shape index (κ1) is 21.7. The third-order valence-corrected chi connectivity index (χ3v) is 8.20. The molecular weight excluding hydrogens is 448 g/mol. The maximum Gasteiger partial charge on any atom is 0.263 e. The van der Waals surface area contributed by atoms with Gasteiger partial charge in [0.2, 0.25) is 10.0 Å². The smallest absolute Gasteiger partial charge is 0.263 e. The van der Waals surface area contributed by atoms with Gasteiger partial charge in [-0.1, -0.05) is 18.2 Å². The Kier molecular flexibility index (Phi) is 5.49. The lowest BCUT2D eigenvalue weighted by atomic mass is 10.1. The molecule has 1 aliphatic rings. The monoisotopic (exact) mass is 471 g/mol. The molecule has 7 nitrogen and oxygen atoms in total. The molecule has 0 unspecified atom stereocenters. The maximum atomic E-state index is 13.2. The van der Waals surface area contributed by atoms with E-state index >= 15 is 0 Å². The lowest BCUT2D eigenvalue weighted by Gasteiger charge is -2.21. The number of aromatic amines is 1. The van der Waals surface area contributed by atoms with Crippen molar-refractivity contribution < 1.29 is 17.2 Å². The number of alkyl halides is 2. The Balaban J connectivity index is 1.35. The van der Waals surface area contributed by atoms with Crippen molar-refractivity contribution in [1.29, 1.82) is 0 Å². The van der Waals surface area contributed by atoms with Crippen molar-refractivity contribution in [3.63, 3.8) is 0 Å². The van der Waals surface area contributed by atoms with Crippen LogP contribution in [-0.4, -0.2) is 45.3 Å². The van der Waals surface area contributed by atoms with Crippen molar-refractivity contribution in [2.45, 2.75) is 37.3 Å². The quantitative estimate of drug-likeness (QED) is 0.450. The molecule has 1 N–H and O–H groups in total. The zero-order valence-corrected chi connectivity index (χ0v) is 18.7. The normalized spacial score (nSPS) is 19.6. The first-order valence-electron chi connectivity index (χ1n) is 10.7. The van der Waals surface area contributed by atoms with Crippen LogP contribution in [0.25, 0.3) is 22.0 Å². The Bertz CT molecular complexity index is 1390. The number of sulfonamides is 1. The topological polar surface area (TPSA) is 83.9 Å². The van der Waals surface area contributed by atoms with Gasteiger partial charge in [0.15, 0.2) is 0 Å². The van der Waals surface area contributed by atoms with Crippen molar-refractivity contribution >= 4 is 20.9 Å². The van der Waals surface area contributed by atoms with Crippen LogP contribution in [0.15, 0.2) is 66.0 Å².